The van der Waals surface area contributed by atoms with Crippen molar-refractivity contribution in [2.45, 2.75) is 6.42 Å². The Morgan fingerprint density at radius 2 is 1.71 bits per heavy atom. The van der Waals surface area contributed by atoms with Gasteiger partial charge in [-0.05, 0) is 42.3 Å². The number of ether oxygens (including phenoxy) is 2. The summed E-state index contributed by atoms with van der Waals surface area (Å²) >= 11 is 0. The first-order valence-electron chi connectivity index (χ1n) is 6.78. The zero-order valence-corrected chi connectivity index (χ0v) is 12.3. The third-order valence-corrected chi connectivity index (χ3v) is 3.22. The molecule has 110 valence electrons. The fourth-order valence-corrected chi connectivity index (χ4v) is 2.06. The molecule has 2 aromatic carbocycles. The molecular formula is C17H19NO3. The van der Waals surface area contributed by atoms with Gasteiger partial charge in [0.2, 0.25) is 0 Å². The van der Waals surface area contributed by atoms with Gasteiger partial charge in [0.05, 0.1) is 14.2 Å². The predicted octanol–water partition coefficient (Wildman–Crippen LogP) is 2.68. The standard InChI is InChI=1S/C17H19NO3/c1-20-15-9-7-14(8-10-15)17(19)18-12-11-13-5-3-4-6-16(13)21-2/h3-10H,11-12H2,1-2H3,(H,18,19). The highest BCUT2D eigenvalue weighted by molar-refractivity contribution is 5.94. The number of carbonyl (C=O) groups is 1. The van der Waals surface area contributed by atoms with Gasteiger partial charge in [-0.2, -0.15) is 0 Å². The summed E-state index contributed by atoms with van der Waals surface area (Å²) in [6.07, 6.45) is 0.728. The molecule has 4 heteroatoms. The molecule has 0 fully saturated rings. The maximum absolute atomic E-state index is 12.0. The van der Waals surface area contributed by atoms with Crippen LogP contribution < -0.4 is 14.8 Å². The Balaban J connectivity index is 1.89. The minimum atomic E-state index is -0.0902. The highest BCUT2D eigenvalue weighted by atomic mass is 16.5. The van der Waals surface area contributed by atoms with E-state index in [1.165, 1.54) is 0 Å². The molecule has 0 atom stereocenters. The van der Waals surface area contributed by atoms with Crippen LogP contribution in [0.1, 0.15) is 15.9 Å². The SMILES string of the molecule is COc1ccc(C(=O)NCCc2ccccc2OC)cc1. The molecule has 2 rings (SSSR count). The molecule has 1 N–H and O–H groups in total. The smallest absolute Gasteiger partial charge is 0.251 e. The molecule has 0 bridgehead atoms. The Bertz CT molecular complexity index is 593. The van der Waals surface area contributed by atoms with Gasteiger partial charge in [-0.25, -0.2) is 0 Å². The van der Waals surface area contributed by atoms with Gasteiger partial charge in [0, 0.05) is 12.1 Å². The molecule has 0 aliphatic rings. The number of rotatable bonds is 6. The Morgan fingerprint density at radius 1 is 1.00 bits per heavy atom. The zero-order valence-electron chi connectivity index (χ0n) is 12.3. The van der Waals surface area contributed by atoms with Crippen LogP contribution in [-0.2, 0) is 6.42 Å². The molecule has 0 aliphatic heterocycles. The van der Waals surface area contributed by atoms with E-state index in [0.717, 1.165) is 23.5 Å². The van der Waals surface area contributed by atoms with E-state index in [0.29, 0.717) is 12.1 Å². The topological polar surface area (TPSA) is 47.6 Å². The van der Waals surface area contributed by atoms with Gasteiger partial charge in [0.15, 0.2) is 0 Å². The molecule has 0 unspecified atom stereocenters. The van der Waals surface area contributed by atoms with Gasteiger partial charge >= 0.3 is 0 Å². The summed E-state index contributed by atoms with van der Waals surface area (Å²) in [7, 11) is 3.25. The number of hydrogen-bond acceptors (Lipinski definition) is 3. The van der Waals surface area contributed by atoms with Crippen molar-refractivity contribution in [3.8, 4) is 11.5 Å². The van der Waals surface area contributed by atoms with E-state index in [-0.39, 0.29) is 5.91 Å². The molecule has 0 heterocycles. The van der Waals surface area contributed by atoms with Crippen molar-refractivity contribution in [1.82, 2.24) is 5.32 Å². The molecule has 0 saturated heterocycles. The minimum absolute atomic E-state index is 0.0902. The van der Waals surface area contributed by atoms with E-state index in [4.69, 9.17) is 9.47 Å². The van der Waals surface area contributed by atoms with Gasteiger partial charge in [0.25, 0.3) is 5.91 Å². The summed E-state index contributed by atoms with van der Waals surface area (Å²) in [5, 5.41) is 2.90. The molecular weight excluding hydrogens is 266 g/mol. The Labute approximate surface area is 124 Å². The van der Waals surface area contributed by atoms with E-state index >= 15 is 0 Å². The summed E-state index contributed by atoms with van der Waals surface area (Å²) in [5.41, 5.74) is 1.70. The number of carbonyl (C=O) groups excluding carboxylic acids is 1. The van der Waals surface area contributed by atoms with E-state index in [1.807, 2.05) is 24.3 Å². The third-order valence-electron chi connectivity index (χ3n) is 3.22. The predicted molar refractivity (Wildman–Crippen MR) is 82.0 cm³/mol. The van der Waals surface area contributed by atoms with Gasteiger partial charge < -0.3 is 14.8 Å². The van der Waals surface area contributed by atoms with Crippen LogP contribution in [0.2, 0.25) is 0 Å². The molecule has 0 spiro atoms. The second kappa shape index (κ2) is 7.33. The van der Waals surface area contributed by atoms with Gasteiger partial charge in [-0.1, -0.05) is 18.2 Å². The second-order valence-electron chi connectivity index (χ2n) is 4.55. The fourth-order valence-electron chi connectivity index (χ4n) is 2.06. The van der Waals surface area contributed by atoms with Crippen molar-refractivity contribution < 1.29 is 14.3 Å². The maximum atomic E-state index is 12.0. The lowest BCUT2D eigenvalue weighted by Gasteiger charge is -2.09. The Hall–Kier alpha value is -2.49. The van der Waals surface area contributed by atoms with Crippen LogP contribution in [0.15, 0.2) is 48.5 Å². The molecule has 0 aliphatic carbocycles. The van der Waals surface area contributed by atoms with Crippen molar-refractivity contribution in [2.75, 3.05) is 20.8 Å². The normalized spacial score (nSPS) is 10.0. The molecule has 0 aromatic heterocycles. The highest BCUT2D eigenvalue weighted by Gasteiger charge is 2.06. The molecule has 0 radical (unpaired) electrons. The summed E-state index contributed by atoms with van der Waals surface area (Å²) in [6, 6.07) is 14.8. The first-order valence-corrected chi connectivity index (χ1v) is 6.78. The van der Waals surface area contributed by atoms with E-state index in [1.54, 1.807) is 38.5 Å². The summed E-state index contributed by atoms with van der Waals surface area (Å²) in [4.78, 5) is 12.0. The second-order valence-corrected chi connectivity index (χ2v) is 4.55. The summed E-state index contributed by atoms with van der Waals surface area (Å²) < 4.78 is 10.4. The van der Waals surface area contributed by atoms with Crippen LogP contribution in [0, 0.1) is 0 Å². The van der Waals surface area contributed by atoms with Crippen molar-refractivity contribution in [3.05, 3.63) is 59.7 Å². The monoisotopic (exact) mass is 285 g/mol. The minimum Gasteiger partial charge on any atom is -0.497 e. The van der Waals surface area contributed by atoms with Crippen molar-refractivity contribution >= 4 is 5.91 Å². The van der Waals surface area contributed by atoms with E-state index in [9.17, 15) is 4.79 Å². The number of hydrogen-bond donors (Lipinski definition) is 1. The number of nitrogens with one attached hydrogen (secondary N) is 1. The van der Waals surface area contributed by atoms with Crippen LogP contribution in [0.5, 0.6) is 11.5 Å². The zero-order chi connectivity index (χ0) is 15.1. The molecule has 1 amide bonds. The quantitative estimate of drug-likeness (QED) is 0.887. The summed E-state index contributed by atoms with van der Waals surface area (Å²) in [5.74, 6) is 1.49. The van der Waals surface area contributed by atoms with Gasteiger partial charge in [-0.15, -0.1) is 0 Å². The van der Waals surface area contributed by atoms with Crippen molar-refractivity contribution in [1.29, 1.82) is 0 Å². The van der Waals surface area contributed by atoms with Crippen molar-refractivity contribution in [2.24, 2.45) is 0 Å². The Morgan fingerprint density at radius 3 is 2.38 bits per heavy atom. The average Bonchev–Trinajstić information content (AvgIpc) is 2.55. The number of benzene rings is 2. The number of amides is 1. The molecule has 4 nitrogen and oxygen atoms in total. The first-order chi connectivity index (χ1) is 10.2. The van der Waals surface area contributed by atoms with E-state index < -0.39 is 0 Å². The van der Waals surface area contributed by atoms with Crippen LogP contribution in [0.25, 0.3) is 0 Å². The first kappa shape index (κ1) is 14.9. The number of methoxy groups -OCH3 is 2. The van der Waals surface area contributed by atoms with Gasteiger partial charge in [0.1, 0.15) is 11.5 Å². The third kappa shape index (κ3) is 3.99. The van der Waals surface area contributed by atoms with Crippen LogP contribution >= 0.6 is 0 Å². The summed E-state index contributed by atoms with van der Waals surface area (Å²) in [6.45, 7) is 0.561. The van der Waals surface area contributed by atoms with Crippen molar-refractivity contribution in [3.63, 3.8) is 0 Å². The van der Waals surface area contributed by atoms with Gasteiger partial charge in [-0.3, -0.25) is 4.79 Å². The molecule has 21 heavy (non-hydrogen) atoms. The lowest BCUT2D eigenvalue weighted by molar-refractivity contribution is 0.0954. The lowest BCUT2D eigenvalue weighted by atomic mass is 10.1. The molecule has 0 saturated carbocycles. The fraction of sp³-hybridized carbons (Fsp3) is 0.235. The van der Waals surface area contributed by atoms with Crippen LogP contribution in [-0.4, -0.2) is 26.7 Å². The molecule has 2 aromatic rings. The maximum Gasteiger partial charge on any atom is 0.251 e. The largest absolute Gasteiger partial charge is 0.497 e. The van der Waals surface area contributed by atoms with Crippen LogP contribution in [0.4, 0.5) is 0 Å². The lowest BCUT2D eigenvalue weighted by Crippen LogP contribution is -2.25. The average molecular weight is 285 g/mol. The Kier molecular flexibility index (Phi) is 5.21. The highest BCUT2D eigenvalue weighted by Crippen LogP contribution is 2.17. The number of para-hydroxylation sites is 1. The van der Waals surface area contributed by atoms with E-state index in [2.05, 4.69) is 5.32 Å². The van der Waals surface area contributed by atoms with Crippen LogP contribution in [0.3, 0.4) is 0 Å².